The number of anilines is 2. The van der Waals surface area contributed by atoms with E-state index >= 15 is 0 Å². The van der Waals surface area contributed by atoms with E-state index in [2.05, 4.69) is 11.4 Å². The largest absolute Gasteiger partial charge is 0.355 e. The molecule has 0 aliphatic carbocycles. The predicted molar refractivity (Wildman–Crippen MR) is 59.7 cm³/mol. The molecule has 1 radical (unpaired) electrons. The summed E-state index contributed by atoms with van der Waals surface area (Å²) in [6.45, 7) is 1.69. The van der Waals surface area contributed by atoms with E-state index in [0.29, 0.717) is 16.9 Å². The third-order valence-electron chi connectivity index (χ3n) is 2.21. The minimum Gasteiger partial charge on any atom is -0.355 e. The molecule has 2 rings (SSSR count). The van der Waals surface area contributed by atoms with Crippen LogP contribution in [0.25, 0.3) is 0 Å². The molecule has 0 unspecified atom stereocenters. The zero-order valence-electron chi connectivity index (χ0n) is 8.72. The van der Waals surface area contributed by atoms with Crippen LogP contribution < -0.4 is 5.32 Å². The maximum Gasteiger partial charge on any atom is 0.128 e. The predicted octanol–water partition coefficient (Wildman–Crippen LogP) is 3.82. The summed E-state index contributed by atoms with van der Waals surface area (Å²) in [7, 11) is 0. The van der Waals surface area contributed by atoms with Gasteiger partial charge >= 0.3 is 0 Å². The van der Waals surface area contributed by atoms with Gasteiger partial charge in [-0.25, -0.2) is 8.78 Å². The Bertz CT molecular complexity index is 509. The second-order valence-electron chi connectivity index (χ2n) is 3.51. The van der Waals surface area contributed by atoms with Crippen LogP contribution in [0.15, 0.2) is 36.4 Å². The quantitative estimate of drug-likeness (QED) is 0.808. The molecule has 0 aromatic heterocycles. The lowest BCUT2D eigenvalue weighted by molar-refractivity contribution is 0.619. The Labute approximate surface area is 92.7 Å². The molecular weight excluding hydrogens is 208 g/mol. The fourth-order valence-corrected chi connectivity index (χ4v) is 1.34. The summed E-state index contributed by atoms with van der Waals surface area (Å²) in [5, 5.41) is 2.88. The minimum absolute atomic E-state index is 0.290. The summed E-state index contributed by atoms with van der Waals surface area (Å²) in [4.78, 5) is 0. The van der Waals surface area contributed by atoms with Gasteiger partial charge in [0.05, 0.1) is 0 Å². The number of hydrogen-bond donors (Lipinski definition) is 1. The van der Waals surface area contributed by atoms with Gasteiger partial charge in [0.25, 0.3) is 0 Å². The van der Waals surface area contributed by atoms with Crippen LogP contribution in [0.3, 0.4) is 0 Å². The first kappa shape index (κ1) is 10.6. The van der Waals surface area contributed by atoms with Gasteiger partial charge in [-0.2, -0.15) is 0 Å². The van der Waals surface area contributed by atoms with E-state index in [1.807, 2.05) is 0 Å². The zero-order valence-corrected chi connectivity index (χ0v) is 8.72. The summed E-state index contributed by atoms with van der Waals surface area (Å²) >= 11 is 0. The van der Waals surface area contributed by atoms with Gasteiger partial charge in [-0.3, -0.25) is 0 Å². The van der Waals surface area contributed by atoms with Crippen LogP contribution in [0.2, 0.25) is 0 Å². The fourth-order valence-electron chi connectivity index (χ4n) is 1.34. The Kier molecular flexibility index (Phi) is 2.86. The van der Waals surface area contributed by atoms with Crippen molar-refractivity contribution >= 4 is 11.4 Å². The normalized spacial score (nSPS) is 10.2. The highest BCUT2D eigenvalue weighted by Gasteiger charge is 2.00. The van der Waals surface area contributed by atoms with Crippen molar-refractivity contribution in [3.05, 3.63) is 59.7 Å². The average Bonchev–Trinajstić information content (AvgIpc) is 2.24. The zero-order chi connectivity index (χ0) is 11.5. The highest BCUT2D eigenvalue weighted by Crippen LogP contribution is 2.19. The van der Waals surface area contributed by atoms with Crippen LogP contribution in [0.5, 0.6) is 0 Å². The van der Waals surface area contributed by atoms with E-state index in [1.54, 1.807) is 19.1 Å². The first-order valence-electron chi connectivity index (χ1n) is 4.85. The number of hydrogen-bond acceptors (Lipinski definition) is 1. The fraction of sp³-hybridized carbons (Fsp3) is 0.0769. The van der Waals surface area contributed by atoms with Crippen molar-refractivity contribution in [1.29, 1.82) is 0 Å². The van der Waals surface area contributed by atoms with E-state index < -0.39 is 0 Å². The van der Waals surface area contributed by atoms with Gasteiger partial charge in [0, 0.05) is 17.4 Å². The first-order valence-corrected chi connectivity index (χ1v) is 4.85. The minimum atomic E-state index is -0.353. The molecule has 0 bridgehead atoms. The number of aryl methyl sites for hydroxylation is 1. The molecule has 16 heavy (non-hydrogen) atoms. The first-order chi connectivity index (χ1) is 7.65. The molecule has 0 saturated heterocycles. The molecule has 1 nitrogen and oxygen atoms in total. The van der Waals surface area contributed by atoms with E-state index in [9.17, 15) is 8.78 Å². The molecule has 0 fully saturated rings. The van der Waals surface area contributed by atoms with Crippen molar-refractivity contribution in [2.75, 3.05) is 5.32 Å². The molecule has 0 amide bonds. The highest BCUT2D eigenvalue weighted by molar-refractivity contribution is 5.59. The van der Waals surface area contributed by atoms with Crippen molar-refractivity contribution in [2.45, 2.75) is 6.92 Å². The third kappa shape index (κ3) is 2.37. The summed E-state index contributed by atoms with van der Waals surface area (Å²) in [5.41, 5.74) is 1.63. The van der Waals surface area contributed by atoms with Gasteiger partial charge in [0.1, 0.15) is 11.6 Å². The molecule has 0 heterocycles. The summed E-state index contributed by atoms with van der Waals surface area (Å²) in [6, 6.07) is 11.7. The average molecular weight is 218 g/mol. The van der Waals surface area contributed by atoms with Crippen molar-refractivity contribution in [1.82, 2.24) is 0 Å². The summed E-state index contributed by atoms with van der Waals surface area (Å²) < 4.78 is 26.1. The van der Waals surface area contributed by atoms with Crippen molar-refractivity contribution in [3.63, 3.8) is 0 Å². The molecular formula is C13H10F2N. The Morgan fingerprint density at radius 3 is 2.62 bits per heavy atom. The maximum absolute atomic E-state index is 13.2. The van der Waals surface area contributed by atoms with Crippen LogP contribution in [-0.2, 0) is 0 Å². The number of benzene rings is 2. The van der Waals surface area contributed by atoms with Crippen LogP contribution in [0.4, 0.5) is 20.2 Å². The Balaban J connectivity index is 2.24. The van der Waals surface area contributed by atoms with Crippen LogP contribution in [0, 0.1) is 24.6 Å². The topological polar surface area (TPSA) is 12.0 Å². The molecule has 81 valence electrons. The molecule has 3 heteroatoms. The Morgan fingerprint density at radius 1 is 1.12 bits per heavy atom. The van der Waals surface area contributed by atoms with Gasteiger partial charge in [-0.15, -0.1) is 0 Å². The number of nitrogens with one attached hydrogen (secondary N) is 1. The lowest BCUT2D eigenvalue weighted by Crippen LogP contribution is -1.92. The third-order valence-corrected chi connectivity index (χ3v) is 2.21. The summed E-state index contributed by atoms with van der Waals surface area (Å²) in [5.74, 6) is -0.643. The second kappa shape index (κ2) is 4.31. The molecule has 0 aliphatic heterocycles. The van der Waals surface area contributed by atoms with Gasteiger partial charge in [-0.1, -0.05) is 6.07 Å². The second-order valence-corrected chi connectivity index (χ2v) is 3.51. The molecule has 0 aliphatic rings. The Morgan fingerprint density at radius 2 is 1.94 bits per heavy atom. The Hall–Kier alpha value is -1.90. The maximum atomic E-state index is 13.2. The van der Waals surface area contributed by atoms with Crippen molar-refractivity contribution in [2.24, 2.45) is 0 Å². The number of rotatable bonds is 2. The van der Waals surface area contributed by atoms with Gasteiger partial charge in [0.2, 0.25) is 0 Å². The van der Waals surface area contributed by atoms with Crippen molar-refractivity contribution < 1.29 is 8.78 Å². The van der Waals surface area contributed by atoms with E-state index in [-0.39, 0.29) is 11.6 Å². The molecule has 2 aromatic carbocycles. The molecule has 1 N–H and O–H groups in total. The lowest BCUT2D eigenvalue weighted by atomic mass is 10.2. The van der Waals surface area contributed by atoms with Crippen LogP contribution in [-0.4, -0.2) is 0 Å². The van der Waals surface area contributed by atoms with E-state index in [0.717, 1.165) is 0 Å². The molecule has 0 saturated carbocycles. The molecule has 0 spiro atoms. The molecule has 2 aromatic rings. The van der Waals surface area contributed by atoms with Crippen molar-refractivity contribution in [3.8, 4) is 0 Å². The van der Waals surface area contributed by atoms with Crippen LogP contribution >= 0.6 is 0 Å². The number of halogens is 2. The van der Waals surface area contributed by atoms with Gasteiger partial charge in [0.15, 0.2) is 0 Å². The van der Waals surface area contributed by atoms with Gasteiger partial charge < -0.3 is 5.32 Å². The summed E-state index contributed by atoms with van der Waals surface area (Å²) in [6.07, 6.45) is 0. The monoisotopic (exact) mass is 218 g/mol. The van der Waals surface area contributed by atoms with Crippen LogP contribution in [0.1, 0.15) is 5.56 Å². The van der Waals surface area contributed by atoms with E-state index in [1.165, 1.54) is 24.3 Å². The molecule has 0 atom stereocenters. The van der Waals surface area contributed by atoms with E-state index in [4.69, 9.17) is 0 Å². The lowest BCUT2D eigenvalue weighted by Gasteiger charge is -2.06. The van der Waals surface area contributed by atoms with Gasteiger partial charge in [-0.05, 0) is 42.8 Å². The smallest absolute Gasteiger partial charge is 0.128 e. The highest BCUT2D eigenvalue weighted by atomic mass is 19.1. The standard InChI is InChI=1S/C13H10F2N/c1-9-5-6-12(8-13(9)15)16-11-4-2-3-10(14)7-11/h2-3,5-8,16H,1H3. The SMILES string of the molecule is Cc1ccc(Nc2[c]ccc(F)c2)cc1F.